The quantitative estimate of drug-likeness (QED) is 0.140. The van der Waals surface area contributed by atoms with E-state index in [1.165, 1.54) is 12.2 Å². The standard InChI is InChI=1S/C29H40N4O9/c1-4-41-25(36)11-10-21(15-20-12-13-30-26(20)37)31-27(38)22(14-18(2)3)32-28(39)23(16-24(34)35)33-29(40)42-17-19-8-6-5-7-9-19/h5-11,18,20-23H,4,12-17H2,1-3H3,(H,30,37)(H,31,38)(H,32,39)(H,33,40)(H,34,35)/b11-10+/t20-,21+,22-,23-/m0/s1. The maximum Gasteiger partial charge on any atom is 0.408 e. The zero-order valence-corrected chi connectivity index (χ0v) is 24.1. The number of aliphatic carboxylic acids is 1. The van der Waals surface area contributed by atoms with Crippen LogP contribution in [0.25, 0.3) is 0 Å². The molecule has 4 atom stereocenters. The van der Waals surface area contributed by atoms with E-state index in [0.717, 1.165) is 0 Å². The van der Waals surface area contributed by atoms with E-state index in [0.29, 0.717) is 18.5 Å². The van der Waals surface area contributed by atoms with E-state index in [-0.39, 0.29) is 43.8 Å². The van der Waals surface area contributed by atoms with Crippen LogP contribution in [-0.4, -0.2) is 72.1 Å². The molecule has 2 rings (SSSR count). The van der Waals surface area contributed by atoms with Crippen LogP contribution in [0, 0.1) is 11.8 Å². The monoisotopic (exact) mass is 588 g/mol. The molecular weight excluding hydrogens is 548 g/mol. The summed E-state index contributed by atoms with van der Waals surface area (Å²) in [6.45, 7) is 5.90. The van der Waals surface area contributed by atoms with Gasteiger partial charge in [-0.05, 0) is 37.7 Å². The van der Waals surface area contributed by atoms with Gasteiger partial charge in [0.05, 0.1) is 13.0 Å². The molecule has 0 unspecified atom stereocenters. The zero-order chi connectivity index (χ0) is 31.1. The fourth-order valence-electron chi connectivity index (χ4n) is 4.30. The van der Waals surface area contributed by atoms with Gasteiger partial charge in [-0.15, -0.1) is 0 Å². The molecular formula is C29H40N4O9. The van der Waals surface area contributed by atoms with Gasteiger partial charge in [0.1, 0.15) is 18.7 Å². The van der Waals surface area contributed by atoms with Crippen LogP contribution >= 0.6 is 0 Å². The fourth-order valence-corrected chi connectivity index (χ4v) is 4.30. The van der Waals surface area contributed by atoms with Crippen molar-refractivity contribution >= 4 is 35.8 Å². The van der Waals surface area contributed by atoms with Crippen LogP contribution in [0.2, 0.25) is 0 Å². The van der Waals surface area contributed by atoms with Gasteiger partial charge in [-0.25, -0.2) is 9.59 Å². The highest BCUT2D eigenvalue weighted by molar-refractivity contribution is 5.93. The Balaban J connectivity index is 2.13. The second kappa shape index (κ2) is 17.4. The lowest BCUT2D eigenvalue weighted by atomic mass is 9.97. The van der Waals surface area contributed by atoms with Crippen LogP contribution in [0.5, 0.6) is 0 Å². The van der Waals surface area contributed by atoms with E-state index in [9.17, 15) is 33.9 Å². The van der Waals surface area contributed by atoms with E-state index in [2.05, 4.69) is 21.3 Å². The summed E-state index contributed by atoms with van der Waals surface area (Å²) in [7, 11) is 0. The minimum absolute atomic E-state index is 0.0584. The Labute approximate surface area is 244 Å². The number of benzene rings is 1. The van der Waals surface area contributed by atoms with Crippen LogP contribution in [-0.2, 0) is 40.1 Å². The number of amides is 4. The summed E-state index contributed by atoms with van der Waals surface area (Å²) in [5.41, 5.74) is 0.696. The SMILES string of the molecule is CCOC(=O)/C=C/[C@H](C[C@@H]1CCNC1=O)NC(=O)[C@H](CC(C)C)NC(=O)[C@H](CC(=O)O)NC(=O)OCc1ccccc1. The summed E-state index contributed by atoms with van der Waals surface area (Å²) >= 11 is 0. The number of ether oxygens (including phenoxy) is 2. The van der Waals surface area contributed by atoms with E-state index in [4.69, 9.17) is 9.47 Å². The molecule has 0 spiro atoms. The molecule has 0 bridgehead atoms. The lowest BCUT2D eigenvalue weighted by molar-refractivity contribution is -0.140. The molecule has 13 heteroatoms. The number of hydrogen-bond acceptors (Lipinski definition) is 8. The van der Waals surface area contributed by atoms with Crippen LogP contribution in [0.1, 0.15) is 52.0 Å². The average Bonchev–Trinajstić information content (AvgIpc) is 3.33. The molecule has 0 aliphatic carbocycles. The van der Waals surface area contributed by atoms with Gasteiger partial charge in [-0.1, -0.05) is 50.3 Å². The first-order chi connectivity index (χ1) is 20.0. The highest BCUT2D eigenvalue weighted by Crippen LogP contribution is 2.17. The molecule has 1 aromatic rings. The first kappa shape index (κ1) is 33.8. The number of alkyl carbamates (subject to hydrolysis) is 1. The first-order valence-electron chi connectivity index (χ1n) is 13.9. The molecule has 1 aromatic carbocycles. The summed E-state index contributed by atoms with van der Waals surface area (Å²) in [6.07, 6.45) is 1.83. The summed E-state index contributed by atoms with van der Waals surface area (Å²) in [6, 6.07) is 5.43. The van der Waals surface area contributed by atoms with Gasteiger partial charge < -0.3 is 35.8 Å². The van der Waals surface area contributed by atoms with Crippen molar-refractivity contribution in [3.05, 3.63) is 48.0 Å². The Morgan fingerprint density at radius 3 is 2.31 bits per heavy atom. The molecule has 0 aromatic heterocycles. The second-order valence-electron chi connectivity index (χ2n) is 10.3. The molecule has 4 amide bonds. The average molecular weight is 589 g/mol. The van der Waals surface area contributed by atoms with Crippen molar-refractivity contribution in [1.29, 1.82) is 0 Å². The van der Waals surface area contributed by atoms with E-state index in [1.54, 1.807) is 37.3 Å². The third-order valence-corrected chi connectivity index (χ3v) is 6.32. The normalized spacial score (nSPS) is 16.7. The summed E-state index contributed by atoms with van der Waals surface area (Å²) in [5.74, 6) is -4.04. The Bertz CT molecular complexity index is 1120. The predicted molar refractivity (Wildman–Crippen MR) is 151 cm³/mol. The molecule has 5 N–H and O–H groups in total. The van der Waals surface area contributed by atoms with Crippen molar-refractivity contribution in [3.63, 3.8) is 0 Å². The molecule has 1 heterocycles. The van der Waals surface area contributed by atoms with Crippen LogP contribution in [0.4, 0.5) is 4.79 Å². The van der Waals surface area contributed by atoms with Crippen molar-refractivity contribution in [1.82, 2.24) is 21.3 Å². The van der Waals surface area contributed by atoms with E-state index < -0.39 is 54.4 Å². The second-order valence-corrected chi connectivity index (χ2v) is 10.3. The smallest absolute Gasteiger partial charge is 0.408 e. The molecule has 1 fully saturated rings. The van der Waals surface area contributed by atoms with Gasteiger partial charge in [0, 0.05) is 24.6 Å². The van der Waals surface area contributed by atoms with Gasteiger partial charge >= 0.3 is 18.0 Å². The van der Waals surface area contributed by atoms with Gasteiger partial charge in [0.2, 0.25) is 17.7 Å². The summed E-state index contributed by atoms with van der Waals surface area (Å²) in [4.78, 5) is 74.3. The lowest BCUT2D eigenvalue weighted by Gasteiger charge is -2.26. The largest absolute Gasteiger partial charge is 0.481 e. The number of rotatable bonds is 16. The number of carbonyl (C=O) groups is 6. The lowest BCUT2D eigenvalue weighted by Crippen LogP contribution is -2.55. The number of hydrogen-bond donors (Lipinski definition) is 5. The van der Waals surface area contributed by atoms with Gasteiger partial charge in [-0.2, -0.15) is 0 Å². The molecule has 1 aliphatic heterocycles. The van der Waals surface area contributed by atoms with Gasteiger partial charge in [0.25, 0.3) is 0 Å². The number of carboxylic acid groups (broad SMARTS) is 1. The van der Waals surface area contributed by atoms with E-state index >= 15 is 0 Å². The Morgan fingerprint density at radius 1 is 1.02 bits per heavy atom. The topological polar surface area (TPSA) is 189 Å². The summed E-state index contributed by atoms with van der Waals surface area (Å²) in [5, 5.41) is 19.6. The number of nitrogens with one attached hydrogen (secondary N) is 4. The van der Waals surface area contributed by atoms with E-state index in [1.807, 2.05) is 13.8 Å². The number of carboxylic acids is 1. The third-order valence-electron chi connectivity index (χ3n) is 6.32. The molecule has 1 aliphatic rings. The Kier molecular flexibility index (Phi) is 14.0. The Hall–Kier alpha value is -4.42. The maximum atomic E-state index is 13.4. The molecule has 0 saturated carbocycles. The fraction of sp³-hybridized carbons (Fsp3) is 0.517. The van der Waals surface area contributed by atoms with Crippen molar-refractivity contribution < 1.29 is 43.3 Å². The highest BCUT2D eigenvalue weighted by atomic mass is 16.5. The van der Waals surface area contributed by atoms with Crippen molar-refractivity contribution in [2.45, 2.75) is 71.2 Å². The first-order valence-corrected chi connectivity index (χ1v) is 13.9. The predicted octanol–water partition coefficient (Wildman–Crippen LogP) is 1.42. The minimum atomic E-state index is -1.52. The molecule has 1 saturated heterocycles. The molecule has 0 radical (unpaired) electrons. The number of esters is 1. The van der Waals surface area contributed by atoms with Crippen LogP contribution in [0.15, 0.2) is 42.5 Å². The molecule has 42 heavy (non-hydrogen) atoms. The van der Waals surface area contributed by atoms with Crippen molar-refractivity contribution in [3.8, 4) is 0 Å². The van der Waals surface area contributed by atoms with Gasteiger partial charge in [-0.3, -0.25) is 19.2 Å². The minimum Gasteiger partial charge on any atom is -0.481 e. The Morgan fingerprint density at radius 2 is 1.71 bits per heavy atom. The third kappa shape index (κ3) is 12.4. The molecule has 13 nitrogen and oxygen atoms in total. The van der Waals surface area contributed by atoms with Crippen LogP contribution in [0.3, 0.4) is 0 Å². The van der Waals surface area contributed by atoms with Crippen molar-refractivity contribution in [2.75, 3.05) is 13.2 Å². The summed E-state index contributed by atoms with van der Waals surface area (Å²) < 4.78 is 10.0. The van der Waals surface area contributed by atoms with Crippen LogP contribution < -0.4 is 21.3 Å². The zero-order valence-electron chi connectivity index (χ0n) is 24.1. The molecule has 230 valence electrons. The van der Waals surface area contributed by atoms with Crippen molar-refractivity contribution in [2.24, 2.45) is 11.8 Å². The highest BCUT2D eigenvalue weighted by Gasteiger charge is 2.32. The maximum absolute atomic E-state index is 13.4. The van der Waals surface area contributed by atoms with Gasteiger partial charge in [0.15, 0.2) is 0 Å². The number of carbonyl (C=O) groups excluding carboxylic acids is 5.